The molecular formula is C20H19N3O4S. The second-order valence-electron chi connectivity index (χ2n) is 6.43. The monoisotopic (exact) mass is 397 g/mol. The van der Waals surface area contributed by atoms with Gasteiger partial charge >= 0.3 is 5.76 Å². The predicted molar refractivity (Wildman–Crippen MR) is 107 cm³/mol. The molecule has 0 fully saturated rings. The number of aryl methyl sites for hydroxylation is 1. The van der Waals surface area contributed by atoms with Gasteiger partial charge in [0.15, 0.2) is 10.4 Å². The van der Waals surface area contributed by atoms with Gasteiger partial charge < -0.3 is 13.7 Å². The van der Waals surface area contributed by atoms with Crippen molar-refractivity contribution in [1.29, 1.82) is 0 Å². The fraction of sp³-hybridized carbons (Fsp3) is 0.250. The van der Waals surface area contributed by atoms with Crippen LogP contribution in [0.15, 0.2) is 56.7 Å². The number of carbonyl (C=O) groups excluding carboxylic acids is 1. The van der Waals surface area contributed by atoms with Crippen molar-refractivity contribution in [2.24, 2.45) is 4.99 Å². The van der Waals surface area contributed by atoms with Crippen LogP contribution in [0.2, 0.25) is 0 Å². The summed E-state index contributed by atoms with van der Waals surface area (Å²) in [5.74, 6) is -0.980. The Morgan fingerprint density at radius 2 is 2.00 bits per heavy atom. The minimum absolute atomic E-state index is 0.173. The Hall–Kier alpha value is -2.97. The maximum absolute atomic E-state index is 12.6. The number of nitrogens with zero attached hydrogens (tertiary/aromatic N) is 3. The van der Waals surface area contributed by atoms with Gasteiger partial charge in [0, 0.05) is 13.7 Å². The molecule has 0 aliphatic carbocycles. The number of oxazole rings is 1. The summed E-state index contributed by atoms with van der Waals surface area (Å²) in [4.78, 5) is 29.6. The number of thiazole rings is 1. The highest BCUT2D eigenvalue weighted by Gasteiger charge is 2.13. The Kier molecular flexibility index (Phi) is 4.97. The normalized spacial score (nSPS) is 12.3. The summed E-state index contributed by atoms with van der Waals surface area (Å²) < 4.78 is 14.7. The summed E-state index contributed by atoms with van der Waals surface area (Å²) in [5.41, 5.74) is 3.18. The van der Waals surface area contributed by atoms with Crippen LogP contribution in [0.3, 0.4) is 0 Å². The van der Waals surface area contributed by atoms with Gasteiger partial charge in [-0.1, -0.05) is 29.5 Å². The van der Waals surface area contributed by atoms with Crippen molar-refractivity contribution in [2.45, 2.75) is 20.0 Å². The molecule has 0 atom stereocenters. The molecule has 0 unspecified atom stereocenters. The number of aromatic nitrogens is 2. The van der Waals surface area contributed by atoms with E-state index >= 15 is 0 Å². The van der Waals surface area contributed by atoms with Crippen LogP contribution in [0.25, 0.3) is 21.3 Å². The summed E-state index contributed by atoms with van der Waals surface area (Å²) in [6, 6.07) is 13.1. The van der Waals surface area contributed by atoms with Crippen LogP contribution in [-0.2, 0) is 22.6 Å². The van der Waals surface area contributed by atoms with E-state index in [1.807, 2.05) is 23.6 Å². The lowest BCUT2D eigenvalue weighted by Crippen LogP contribution is -2.23. The van der Waals surface area contributed by atoms with Crippen LogP contribution in [0.1, 0.15) is 5.56 Å². The molecule has 7 nitrogen and oxygen atoms in total. The molecule has 0 radical (unpaired) electrons. The third-order valence-corrected chi connectivity index (χ3v) is 5.49. The second-order valence-corrected chi connectivity index (χ2v) is 7.44. The molecule has 0 aliphatic rings. The zero-order chi connectivity index (χ0) is 19.7. The van der Waals surface area contributed by atoms with E-state index in [1.165, 1.54) is 15.9 Å². The first-order valence-corrected chi connectivity index (χ1v) is 9.63. The van der Waals surface area contributed by atoms with E-state index in [0.29, 0.717) is 29.1 Å². The third kappa shape index (κ3) is 3.44. The van der Waals surface area contributed by atoms with E-state index in [9.17, 15) is 9.59 Å². The standard InChI is InChI=1S/C20H19N3O4S/c1-13-7-8-15-17(11-13)28-19(22(15)9-10-26-2)21-18(24)12-23-14-5-3-4-6-16(14)27-20(23)25/h3-8,11H,9-10,12H2,1-2H3. The van der Waals surface area contributed by atoms with Crippen LogP contribution in [0, 0.1) is 6.92 Å². The number of hydrogen-bond acceptors (Lipinski definition) is 5. The molecule has 0 saturated heterocycles. The van der Waals surface area contributed by atoms with Crippen molar-refractivity contribution in [3.05, 3.63) is 63.4 Å². The highest BCUT2D eigenvalue weighted by Crippen LogP contribution is 2.19. The Labute approximate surface area is 164 Å². The van der Waals surface area contributed by atoms with Crippen LogP contribution in [0.4, 0.5) is 0 Å². The van der Waals surface area contributed by atoms with E-state index in [-0.39, 0.29) is 6.54 Å². The molecule has 4 rings (SSSR count). The molecule has 0 saturated carbocycles. The smallest absolute Gasteiger partial charge is 0.408 e. The van der Waals surface area contributed by atoms with Crippen molar-refractivity contribution >= 4 is 38.6 Å². The lowest BCUT2D eigenvalue weighted by atomic mass is 10.2. The van der Waals surface area contributed by atoms with Crippen LogP contribution in [-0.4, -0.2) is 28.8 Å². The molecule has 2 aromatic carbocycles. The zero-order valence-corrected chi connectivity index (χ0v) is 16.4. The van der Waals surface area contributed by atoms with Crippen molar-refractivity contribution in [1.82, 2.24) is 9.13 Å². The van der Waals surface area contributed by atoms with Gasteiger partial charge in [-0.2, -0.15) is 4.99 Å². The number of rotatable bonds is 5. The number of amides is 1. The van der Waals surface area contributed by atoms with E-state index < -0.39 is 11.7 Å². The molecule has 8 heteroatoms. The Morgan fingerprint density at radius 3 is 2.82 bits per heavy atom. The predicted octanol–water partition coefficient (Wildman–Crippen LogP) is 2.69. The number of methoxy groups -OCH3 is 1. The molecular weight excluding hydrogens is 378 g/mol. The maximum atomic E-state index is 12.6. The Morgan fingerprint density at radius 1 is 1.18 bits per heavy atom. The van der Waals surface area contributed by atoms with Gasteiger partial charge in [-0.3, -0.25) is 9.36 Å². The minimum Gasteiger partial charge on any atom is -0.408 e. The van der Waals surface area contributed by atoms with E-state index in [4.69, 9.17) is 9.15 Å². The number of ether oxygens (including phenoxy) is 1. The first kappa shape index (κ1) is 18.4. The van der Waals surface area contributed by atoms with E-state index in [0.717, 1.165) is 15.8 Å². The highest BCUT2D eigenvalue weighted by atomic mass is 32.1. The van der Waals surface area contributed by atoms with Crippen LogP contribution >= 0.6 is 11.3 Å². The summed E-state index contributed by atoms with van der Waals surface area (Å²) >= 11 is 1.45. The van der Waals surface area contributed by atoms with Crippen molar-refractivity contribution in [3.63, 3.8) is 0 Å². The van der Waals surface area contributed by atoms with Crippen molar-refractivity contribution < 1.29 is 13.9 Å². The first-order chi connectivity index (χ1) is 13.6. The van der Waals surface area contributed by atoms with Gasteiger partial charge in [0.05, 0.1) is 22.3 Å². The number of fused-ring (bicyclic) bond motifs is 2. The zero-order valence-electron chi connectivity index (χ0n) is 15.5. The van der Waals surface area contributed by atoms with Crippen LogP contribution in [0.5, 0.6) is 0 Å². The van der Waals surface area contributed by atoms with Gasteiger partial charge in [-0.15, -0.1) is 0 Å². The fourth-order valence-corrected chi connectivity index (χ4v) is 4.28. The van der Waals surface area contributed by atoms with Gasteiger partial charge in [0.2, 0.25) is 0 Å². The van der Waals surface area contributed by atoms with Crippen LogP contribution < -0.4 is 10.6 Å². The van der Waals surface area contributed by atoms with E-state index in [1.54, 1.807) is 31.4 Å². The topological polar surface area (TPSA) is 78.7 Å². The molecule has 0 spiro atoms. The molecule has 2 aromatic heterocycles. The lowest BCUT2D eigenvalue weighted by Gasteiger charge is -2.04. The Balaban J connectivity index is 1.75. The molecule has 144 valence electrons. The summed E-state index contributed by atoms with van der Waals surface area (Å²) in [7, 11) is 1.64. The summed E-state index contributed by atoms with van der Waals surface area (Å²) in [6.07, 6.45) is 0. The SMILES string of the molecule is COCCn1c(=NC(=O)Cn2c(=O)oc3ccccc32)sc2cc(C)ccc21. The molecule has 4 aromatic rings. The second kappa shape index (κ2) is 7.57. The number of hydrogen-bond donors (Lipinski definition) is 0. The average molecular weight is 397 g/mol. The third-order valence-electron chi connectivity index (χ3n) is 4.44. The van der Waals surface area contributed by atoms with Crippen molar-refractivity contribution in [3.8, 4) is 0 Å². The van der Waals surface area contributed by atoms with Gasteiger partial charge in [-0.05, 0) is 36.8 Å². The molecule has 1 amide bonds. The molecule has 28 heavy (non-hydrogen) atoms. The number of para-hydroxylation sites is 2. The average Bonchev–Trinajstić information content (AvgIpc) is 3.16. The van der Waals surface area contributed by atoms with Crippen molar-refractivity contribution in [2.75, 3.05) is 13.7 Å². The summed E-state index contributed by atoms with van der Waals surface area (Å²) in [6.45, 7) is 2.94. The number of benzene rings is 2. The summed E-state index contributed by atoms with van der Waals surface area (Å²) in [5, 5.41) is 0. The molecule has 0 bridgehead atoms. The number of carbonyl (C=O) groups is 1. The molecule has 0 N–H and O–H groups in total. The Bertz CT molecular complexity index is 1290. The highest BCUT2D eigenvalue weighted by molar-refractivity contribution is 7.16. The van der Waals surface area contributed by atoms with Gasteiger partial charge in [-0.25, -0.2) is 4.79 Å². The molecule has 2 heterocycles. The quantitative estimate of drug-likeness (QED) is 0.519. The lowest BCUT2D eigenvalue weighted by molar-refractivity contribution is -0.118. The molecule has 0 aliphatic heterocycles. The minimum atomic E-state index is -0.566. The van der Waals surface area contributed by atoms with Gasteiger partial charge in [0.25, 0.3) is 5.91 Å². The van der Waals surface area contributed by atoms with Gasteiger partial charge in [0.1, 0.15) is 6.54 Å². The fourth-order valence-electron chi connectivity index (χ4n) is 3.11. The maximum Gasteiger partial charge on any atom is 0.420 e. The first-order valence-electron chi connectivity index (χ1n) is 8.81. The largest absolute Gasteiger partial charge is 0.420 e. The van der Waals surface area contributed by atoms with E-state index in [2.05, 4.69) is 11.1 Å².